The van der Waals surface area contributed by atoms with E-state index in [1.807, 2.05) is 6.92 Å². The Hall–Kier alpha value is -2.70. The van der Waals surface area contributed by atoms with Gasteiger partial charge in [0.2, 0.25) is 0 Å². The highest BCUT2D eigenvalue weighted by Gasteiger charge is 2.40. The zero-order chi connectivity index (χ0) is 18.0. The van der Waals surface area contributed by atoms with Gasteiger partial charge in [-0.1, -0.05) is 0 Å². The Kier molecular flexibility index (Phi) is 4.83. The zero-order valence-electron chi connectivity index (χ0n) is 14.6. The Morgan fingerprint density at radius 1 is 1.28 bits per heavy atom. The van der Waals surface area contributed by atoms with Crippen molar-refractivity contribution in [2.24, 2.45) is 16.0 Å². The molecule has 1 aliphatic heterocycles. The summed E-state index contributed by atoms with van der Waals surface area (Å²) in [5, 5.41) is 5.72. The Balaban J connectivity index is 1.90. The van der Waals surface area contributed by atoms with Crippen LogP contribution in [0, 0.1) is 5.92 Å². The smallest absolute Gasteiger partial charge is 0.311 e. The summed E-state index contributed by atoms with van der Waals surface area (Å²) >= 11 is 0. The Labute approximate surface area is 146 Å². The number of amides is 1. The molecule has 1 heterocycles. The fraction of sp³-hybridized carbons (Fsp3) is 0.444. The summed E-state index contributed by atoms with van der Waals surface area (Å²) in [6.45, 7) is 1.82. The maximum Gasteiger partial charge on any atom is 0.311 e. The van der Waals surface area contributed by atoms with Gasteiger partial charge in [0.25, 0.3) is 5.91 Å². The Morgan fingerprint density at radius 3 is 2.52 bits per heavy atom. The van der Waals surface area contributed by atoms with Gasteiger partial charge < -0.3 is 9.47 Å². The van der Waals surface area contributed by atoms with Gasteiger partial charge in [-0.25, -0.2) is 0 Å². The number of benzene rings is 1. The third kappa shape index (κ3) is 3.70. The van der Waals surface area contributed by atoms with Gasteiger partial charge in [0.1, 0.15) is 11.7 Å². The van der Waals surface area contributed by atoms with Gasteiger partial charge >= 0.3 is 5.97 Å². The van der Waals surface area contributed by atoms with Crippen LogP contribution < -0.4 is 9.75 Å². The van der Waals surface area contributed by atoms with Crippen LogP contribution >= 0.6 is 0 Å². The molecule has 132 valence electrons. The van der Waals surface area contributed by atoms with Crippen LogP contribution in [0.1, 0.15) is 26.2 Å². The summed E-state index contributed by atoms with van der Waals surface area (Å²) in [5.74, 6) is -0.544. The number of rotatable bonds is 6. The lowest BCUT2D eigenvalue weighted by atomic mass is 9.96. The number of aliphatic imine (C=N–C) groups is 1. The van der Waals surface area contributed by atoms with Crippen LogP contribution in [0.4, 0.5) is 5.69 Å². The van der Waals surface area contributed by atoms with E-state index in [1.54, 1.807) is 31.4 Å². The number of carbonyl (C=O) groups is 2. The number of nitrogens with zero attached hydrogens (tertiary/aromatic N) is 3. The minimum absolute atomic E-state index is 0.0307. The van der Waals surface area contributed by atoms with E-state index in [1.165, 1.54) is 12.1 Å². The number of esters is 1. The van der Waals surface area contributed by atoms with Crippen molar-refractivity contribution >= 4 is 29.0 Å². The molecule has 3 rings (SSSR count). The van der Waals surface area contributed by atoms with Gasteiger partial charge in [0.05, 0.1) is 38.1 Å². The molecular weight excluding hydrogens is 322 g/mol. The molecule has 0 bridgehead atoms. The van der Waals surface area contributed by atoms with Crippen LogP contribution in [0.25, 0.3) is 0 Å². The predicted octanol–water partition coefficient (Wildman–Crippen LogP) is 2.20. The second kappa shape index (κ2) is 7.04. The second-order valence-electron chi connectivity index (χ2n) is 6.13. The van der Waals surface area contributed by atoms with Crippen molar-refractivity contribution in [2.75, 3.05) is 19.2 Å². The van der Waals surface area contributed by atoms with Crippen LogP contribution in [0.5, 0.6) is 5.75 Å². The lowest BCUT2D eigenvalue weighted by Gasteiger charge is -2.15. The zero-order valence-corrected chi connectivity index (χ0v) is 14.6. The number of hydrazone groups is 1. The SMILES string of the molecule is COC(=O)CC1=NN(c2ccc(OC)cc2)C(=O)C1C(C)=NC1CC1. The third-order valence-corrected chi connectivity index (χ3v) is 4.24. The maximum absolute atomic E-state index is 12.9. The molecule has 0 aromatic heterocycles. The second-order valence-corrected chi connectivity index (χ2v) is 6.13. The standard InChI is InChI=1S/C18H21N3O4/c1-11(19-12-4-5-12)17-15(10-16(22)25-3)20-21(18(17)23)13-6-8-14(24-2)9-7-13/h6-9,12,17H,4-5,10H2,1-3H3. The highest BCUT2D eigenvalue weighted by Crippen LogP contribution is 2.30. The van der Waals surface area contributed by atoms with Crippen LogP contribution in [0.2, 0.25) is 0 Å². The average molecular weight is 343 g/mol. The molecule has 1 amide bonds. The topological polar surface area (TPSA) is 80.6 Å². The number of anilines is 1. The molecule has 1 aromatic carbocycles. The van der Waals surface area contributed by atoms with E-state index in [2.05, 4.69) is 10.1 Å². The van der Waals surface area contributed by atoms with E-state index >= 15 is 0 Å². The molecule has 0 spiro atoms. The van der Waals surface area contributed by atoms with E-state index in [9.17, 15) is 9.59 Å². The average Bonchev–Trinajstić information content (AvgIpc) is 3.37. The molecular formula is C18H21N3O4. The summed E-state index contributed by atoms with van der Waals surface area (Å²) in [4.78, 5) is 29.2. The first-order valence-electron chi connectivity index (χ1n) is 8.20. The van der Waals surface area contributed by atoms with Crippen molar-refractivity contribution in [3.05, 3.63) is 24.3 Å². The highest BCUT2D eigenvalue weighted by atomic mass is 16.5. The van der Waals surface area contributed by atoms with Crippen LogP contribution in [0.3, 0.4) is 0 Å². The van der Waals surface area contributed by atoms with Gasteiger partial charge in [-0.15, -0.1) is 0 Å². The van der Waals surface area contributed by atoms with Crippen molar-refractivity contribution in [2.45, 2.75) is 32.2 Å². The predicted molar refractivity (Wildman–Crippen MR) is 94.2 cm³/mol. The highest BCUT2D eigenvalue weighted by molar-refractivity contribution is 6.30. The van der Waals surface area contributed by atoms with E-state index in [4.69, 9.17) is 9.47 Å². The largest absolute Gasteiger partial charge is 0.497 e. The first-order valence-corrected chi connectivity index (χ1v) is 8.20. The van der Waals surface area contributed by atoms with E-state index in [0.29, 0.717) is 28.9 Å². The van der Waals surface area contributed by atoms with Gasteiger partial charge in [0.15, 0.2) is 0 Å². The van der Waals surface area contributed by atoms with Gasteiger partial charge in [-0.2, -0.15) is 10.1 Å². The fourth-order valence-corrected chi connectivity index (χ4v) is 2.75. The lowest BCUT2D eigenvalue weighted by molar-refractivity contribution is -0.139. The Bertz CT molecular complexity index is 735. The van der Waals surface area contributed by atoms with E-state index in [0.717, 1.165) is 12.8 Å². The molecule has 1 aliphatic carbocycles. The number of methoxy groups -OCH3 is 2. The van der Waals surface area contributed by atoms with E-state index in [-0.39, 0.29) is 12.3 Å². The van der Waals surface area contributed by atoms with Gasteiger partial charge in [-0.05, 0) is 44.0 Å². The summed E-state index contributed by atoms with van der Waals surface area (Å²) in [6.07, 6.45) is 2.06. The van der Waals surface area contributed by atoms with Gasteiger partial charge in [-0.3, -0.25) is 14.6 Å². The molecule has 7 heteroatoms. The number of hydrogen-bond acceptors (Lipinski definition) is 6. The molecule has 1 saturated carbocycles. The monoisotopic (exact) mass is 343 g/mol. The maximum atomic E-state index is 12.9. The molecule has 0 saturated heterocycles. The Morgan fingerprint density at radius 2 is 1.96 bits per heavy atom. The first kappa shape index (κ1) is 17.1. The van der Waals surface area contributed by atoms with E-state index < -0.39 is 11.9 Å². The molecule has 1 fully saturated rings. The molecule has 25 heavy (non-hydrogen) atoms. The van der Waals surface area contributed by atoms with Crippen LogP contribution in [0.15, 0.2) is 34.4 Å². The van der Waals surface area contributed by atoms with Gasteiger partial charge in [0, 0.05) is 5.71 Å². The van der Waals surface area contributed by atoms with Crippen molar-refractivity contribution in [1.29, 1.82) is 0 Å². The summed E-state index contributed by atoms with van der Waals surface area (Å²) in [7, 11) is 2.90. The van der Waals surface area contributed by atoms with Crippen LogP contribution in [-0.2, 0) is 14.3 Å². The molecule has 1 aromatic rings. The summed E-state index contributed by atoms with van der Waals surface area (Å²) in [5.41, 5.74) is 1.79. The summed E-state index contributed by atoms with van der Waals surface area (Å²) in [6, 6.07) is 7.33. The molecule has 0 N–H and O–H groups in total. The van der Waals surface area contributed by atoms with Crippen molar-refractivity contribution < 1.29 is 19.1 Å². The normalized spacial score (nSPS) is 20.5. The number of hydrogen-bond donors (Lipinski definition) is 0. The molecule has 2 aliphatic rings. The first-order chi connectivity index (χ1) is 12.0. The van der Waals surface area contributed by atoms with Crippen molar-refractivity contribution in [3.8, 4) is 5.75 Å². The van der Waals surface area contributed by atoms with Crippen LogP contribution in [-0.4, -0.2) is 43.6 Å². The molecule has 7 nitrogen and oxygen atoms in total. The minimum atomic E-state index is -0.609. The van der Waals surface area contributed by atoms with Crippen molar-refractivity contribution in [1.82, 2.24) is 0 Å². The van der Waals surface area contributed by atoms with Crippen molar-refractivity contribution in [3.63, 3.8) is 0 Å². The molecule has 1 unspecified atom stereocenters. The molecule has 0 radical (unpaired) electrons. The number of carbonyl (C=O) groups excluding carboxylic acids is 2. The third-order valence-electron chi connectivity index (χ3n) is 4.24. The number of ether oxygens (including phenoxy) is 2. The molecule has 1 atom stereocenters. The summed E-state index contributed by atoms with van der Waals surface area (Å²) < 4.78 is 9.87. The quantitative estimate of drug-likeness (QED) is 0.586. The minimum Gasteiger partial charge on any atom is -0.497 e. The fourth-order valence-electron chi connectivity index (χ4n) is 2.75. The lowest BCUT2D eigenvalue weighted by Crippen LogP contribution is -2.33.